The van der Waals surface area contributed by atoms with Crippen LogP contribution in [-0.2, 0) is 40.1 Å². The van der Waals surface area contributed by atoms with Gasteiger partial charge in [-0.1, -0.05) is 86.8 Å². The number of aliphatic hydroxyl groups excluding tert-OH is 1. The number of rotatable bonds is 17. The van der Waals surface area contributed by atoms with Gasteiger partial charge >= 0.3 is 11.4 Å². The molecule has 0 saturated heterocycles. The first-order valence-electron chi connectivity index (χ1n) is 23.8. The number of carbonyl (C=O) groups is 2. The van der Waals surface area contributed by atoms with Crippen LogP contribution in [0.15, 0.2) is 92.5 Å². The molecule has 8 rings (SSSR count). The molecule has 0 aliphatic rings. The molecule has 21 heteroatoms. The van der Waals surface area contributed by atoms with Crippen molar-refractivity contribution in [3.8, 4) is 21.5 Å². The Balaban J connectivity index is 0.000000204. The van der Waals surface area contributed by atoms with Gasteiger partial charge in [-0.15, -0.1) is 9.59 Å². The van der Waals surface area contributed by atoms with E-state index in [0.717, 1.165) is 31.8 Å². The molecule has 0 unspecified atom stereocenters. The highest BCUT2D eigenvalue weighted by atomic mass is 32.1. The van der Waals surface area contributed by atoms with Gasteiger partial charge in [0.15, 0.2) is 11.6 Å². The lowest BCUT2D eigenvalue weighted by molar-refractivity contribution is -0.127. The van der Waals surface area contributed by atoms with Crippen molar-refractivity contribution in [2.75, 3.05) is 20.8 Å². The SMILES string of the molecule is COc1ccccc1CCO.COc1ccccc1CCn1c(=O)n(C(C)(C)C(=O)CC(C)C)c(=O)c2c(C)c(-n3nccn3)sc21.Cc1c(-n2nccn2)sc2[nH]c(=O)n(C(C)(C)C(=O)CC(C)C)c(=O)c12. The summed E-state index contributed by atoms with van der Waals surface area (Å²) in [7, 11) is 3.24. The van der Waals surface area contributed by atoms with Gasteiger partial charge in [-0.05, 0) is 89.5 Å². The van der Waals surface area contributed by atoms with Crippen LogP contribution in [0.2, 0.25) is 0 Å². The second-order valence-corrected chi connectivity index (χ2v) is 21.2. The molecule has 0 saturated carbocycles. The highest BCUT2D eigenvalue weighted by Crippen LogP contribution is 2.33. The first kappa shape index (κ1) is 55.2. The lowest BCUT2D eigenvalue weighted by Gasteiger charge is -2.27. The van der Waals surface area contributed by atoms with Gasteiger partial charge in [0.1, 0.15) is 42.2 Å². The van der Waals surface area contributed by atoms with E-state index >= 15 is 0 Å². The molecule has 0 radical (unpaired) electrons. The predicted octanol–water partition coefficient (Wildman–Crippen LogP) is 6.94. The van der Waals surface area contributed by atoms with Crippen molar-refractivity contribution in [1.29, 1.82) is 0 Å². The summed E-state index contributed by atoms with van der Waals surface area (Å²) in [6.45, 7) is 18.3. The molecule has 0 aliphatic carbocycles. The number of thiophene rings is 2. The molecule has 0 amide bonds. The second-order valence-electron chi connectivity index (χ2n) is 19.2. The zero-order valence-electron chi connectivity index (χ0n) is 43.4. The van der Waals surface area contributed by atoms with Crippen molar-refractivity contribution in [2.45, 2.75) is 113 Å². The van der Waals surface area contributed by atoms with Crippen molar-refractivity contribution < 1.29 is 24.2 Å². The fraction of sp³-hybridized carbons (Fsp3) is 0.423. The normalized spacial score (nSPS) is 11.7. The number of methoxy groups -OCH3 is 2. The summed E-state index contributed by atoms with van der Waals surface area (Å²) in [5, 5.41) is 27.4. The molecular formula is C52H64N10O9S2. The molecule has 0 aliphatic heterocycles. The highest BCUT2D eigenvalue weighted by Gasteiger charge is 2.36. The van der Waals surface area contributed by atoms with E-state index < -0.39 is 33.6 Å². The smallest absolute Gasteiger partial charge is 0.332 e. The quantitative estimate of drug-likeness (QED) is 0.0943. The van der Waals surface area contributed by atoms with E-state index in [1.807, 2.05) is 83.1 Å². The first-order chi connectivity index (χ1) is 34.6. The van der Waals surface area contributed by atoms with Gasteiger partial charge in [-0.25, -0.2) is 18.7 Å². The molecule has 388 valence electrons. The van der Waals surface area contributed by atoms with Gasteiger partial charge in [0.05, 0.1) is 49.8 Å². The van der Waals surface area contributed by atoms with Gasteiger partial charge in [0.2, 0.25) is 0 Å². The summed E-state index contributed by atoms with van der Waals surface area (Å²) in [4.78, 5) is 86.0. The number of para-hydroxylation sites is 2. The lowest BCUT2D eigenvalue weighted by Crippen LogP contribution is -2.52. The molecule has 0 bridgehead atoms. The van der Waals surface area contributed by atoms with Crippen LogP contribution in [0.25, 0.3) is 30.4 Å². The lowest BCUT2D eigenvalue weighted by atomic mass is 9.91. The maximum Gasteiger partial charge on any atom is 0.332 e. The van der Waals surface area contributed by atoms with Gasteiger partial charge in [-0.3, -0.25) is 28.7 Å². The van der Waals surface area contributed by atoms with Crippen LogP contribution in [0.4, 0.5) is 0 Å². The van der Waals surface area contributed by atoms with Crippen LogP contribution in [0.5, 0.6) is 11.5 Å². The van der Waals surface area contributed by atoms with E-state index in [1.165, 1.54) is 32.3 Å². The number of carbonyl (C=O) groups excluding carboxylic acids is 2. The molecule has 6 heterocycles. The molecule has 8 aromatic rings. The molecule has 6 aromatic heterocycles. The van der Waals surface area contributed by atoms with E-state index in [2.05, 4.69) is 25.4 Å². The molecule has 0 fully saturated rings. The molecule has 2 N–H and O–H groups in total. The van der Waals surface area contributed by atoms with E-state index in [4.69, 9.17) is 14.6 Å². The second kappa shape index (κ2) is 23.2. The average Bonchev–Trinajstić information content (AvgIpc) is 4.18. The van der Waals surface area contributed by atoms with Crippen molar-refractivity contribution in [3.63, 3.8) is 0 Å². The number of fused-ring (bicyclic) bond motifs is 2. The van der Waals surface area contributed by atoms with E-state index in [0.29, 0.717) is 67.4 Å². The Labute approximate surface area is 429 Å². The Morgan fingerprint density at radius 3 is 1.58 bits per heavy atom. The fourth-order valence-electron chi connectivity index (χ4n) is 8.42. The Bertz CT molecular complexity index is 3470. The topological polar surface area (TPSA) is 233 Å². The van der Waals surface area contributed by atoms with Gasteiger partial charge < -0.3 is 14.6 Å². The number of aliphatic hydroxyl groups is 1. The van der Waals surface area contributed by atoms with Gasteiger partial charge in [0, 0.05) is 37.1 Å². The number of ether oxygens (including phenoxy) is 2. The van der Waals surface area contributed by atoms with Crippen LogP contribution >= 0.6 is 22.7 Å². The van der Waals surface area contributed by atoms with Crippen molar-refractivity contribution in [2.24, 2.45) is 11.8 Å². The van der Waals surface area contributed by atoms with Crippen molar-refractivity contribution >= 4 is 54.7 Å². The fourth-order valence-corrected chi connectivity index (χ4v) is 10.8. The van der Waals surface area contributed by atoms with Crippen molar-refractivity contribution in [1.82, 2.24) is 48.7 Å². The summed E-state index contributed by atoms with van der Waals surface area (Å²) in [6.07, 6.45) is 7.92. The number of hydrogen-bond acceptors (Lipinski definition) is 15. The zero-order chi connectivity index (χ0) is 53.5. The number of benzene rings is 2. The highest BCUT2D eigenvalue weighted by molar-refractivity contribution is 7.21. The molecule has 19 nitrogen and oxygen atoms in total. The standard InChI is InChI=1S/C26H31N5O4S.C17H21N5O3S.C9H12O2/c1-16(2)15-20(32)26(4,5)30-22(33)21-17(3)23(31-27-12-13-28-31)36-24(21)29(25(30)34)14-11-18-9-7-8-10-19(18)35-6;1-9(2)8-11(23)17(4,5)21-14(24)12-10(3)15(22-18-6-7-19-22)26-13(12)20-16(21)25;1-11-9-5-3-2-4-8(9)6-7-10/h7-10,12-13,16H,11,14-15H2,1-6H3;6-7,9H,8H2,1-5H3,(H,20,25);2-5,10H,6-7H2,1H3. The summed E-state index contributed by atoms with van der Waals surface area (Å²) in [5.41, 5.74) is -1.26. The average molecular weight is 1040 g/mol. The Hall–Kier alpha value is -7.10. The minimum atomic E-state index is -1.31. The van der Waals surface area contributed by atoms with E-state index in [1.54, 1.807) is 78.2 Å². The van der Waals surface area contributed by atoms with Crippen LogP contribution in [0.1, 0.15) is 90.5 Å². The molecular weight excluding hydrogens is 973 g/mol. The number of aromatic amines is 1. The van der Waals surface area contributed by atoms with Gasteiger partial charge in [-0.2, -0.15) is 20.4 Å². The number of nitrogens with zero attached hydrogens (tertiary/aromatic N) is 9. The Morgan fingerprint density at radius 2 is 1.10 bits per heavy atom. The summed E-state index contributed by atoms with van der Waals surface area (Å²) in [6, 6.07) is 15.3. The van der Waals surface area contributed by atoms with Crippen molar-refractivity contribution in [3.05, 3.63) is 137 Å². The molecule has 0 atom stereocenters. The third-order valence-corrected chi connectivity index (χ3v) is 14.8. The number of aromatic nitrogens is 10. The largest absolute Gasteiger partial charge is 0.496 e. The number of hydrogen-bond donors (Lipinski definition) is 2. The number of H-pyrrole nitrogens is 1. The predicted molar refractivity (Wildman–Crippen MR) is 284 cm³/mol. The Morgan fingerprint density at radius 1 is 0.658 bits per heavy atom. The monoisotopic (exact) mass is 1040 g/mol. The van der Waals surface area contributed by atoms with Crippen LogP contribution in [0.3, 0.4) is 0 Å². The number of ketones is 2. The summed E-state index contributed by atoms with van der Waals surface area (Å²) in [5.74, 6) is 1.51. The van der Waals surface area contributed by atoms with Crippen LogP contribution in [-0.4, -0.2) is 86.2 Å². The first-order valence-corrected chi connectivity index (χ1v) is 25.5. The number of nitrogens with one attached hydrogen (secondary N) is 1. The van der Waals surface area contributed by atoms with Gasteiger partial charge in [0.25, 0.3) is 11.1 Å². The third-order valence-electron chi connectivity index (χ3n) is 12.4. The minimum Gasteiger partial charge on any atom is -0.496 e. The summed E-state index contributed by atoms with van der Waals surface area (Å²) >= 11 is 2.52. The van der Waals surface area contributed by atoms with E-state index in [-0.39, 0.29) is 36.4 Å². The number of aryl methyl sites for hydroxylation is 4. The minimum absolute atomic E-state index is 0.101. The number of Topliss-reactive ketones (excluding diaryl/α,β-unsaturated/α-hetero) is 2. The maximum atomic E-state index is 13.9. The molecule has 0 spiro atoms. The third kappa shape index (κ3) is 11.6. The molecule has 73 heavy (non-hydrogen) atoms. The summed E-state index contributed by atoms with van der Waals surface area (Å²) < 4.78 is 14.3. The van der Waals surface area contributed by atoms with Crippen LogP contribution in [0, 0.1) is 25.7 Å². The van der Waals surface area contributed by atoms with E-state index in [9.17, 15) is 28.8 Å². The Kier molecular flexibility index (Phi) is 17.5. The maximum absolute atomic E-state index is 13.9. The zero-order valence-corrected chi connectivity index (χ0v) is 45.0. The molecule has 2 aromatic carbocycles. The van der Waals surface area contributed by atoms with Crippen LogP contribution < -0.4 is 32.0 Å².